The Morgan fingerprint density at radius 2 is 1.88 bits per heavy atom. The number of rotatable bonds is 4. The van der Waals surface area contributed by atoms with Gasteiger partial charge >= 0.3 is 0 Å². The first-order valence-electron chi connectivity index (χ1n) is 5.13. The van der Waals surface area contributed by atoms with E-state index in [0.717, 1.165) is 21.9 Å². The smallest absolute Gasteiger partial charge is 0.177 e. The maximum atomic E-state index is 5.65. The van der Waals surface area contributed by atoms with Gasteiger partial charge in [0.15, 0.2) is 4.73 Å². The highest BCUT2D eigenvalue weighted by Gasteiger charge is 2.04. The molecule has 4 nitrogen and oxygen atoms in total. The third kappa shape index (κ3) is 2.79. The molecule has 0 amide bonds. The summed E-state index contributed by atoms with van der Waals surface area (Å²) in [4.78, 5) is 4.14. The van der Waals surface area contributed by atoms with Crippen LogP contribution in [-0.2, 0) is 13.7 Å². The van der Waals surface area contributed by atoms with Gasteiger partial charge in [0.2, 0.25) is 0 Å². The van der Waals surface area contributed by atoms with E-state index in [1.807, 2.05) is 35.9 Å². The van der Waals surface area contributed by atoms with Crippen LogP contribution in [0, 0.1) is 0 Å². The van der Waals surface area contributed by atoms with Gasteiger partial charge in [0.1, 0.15) is 18.1 Å². The maximum absolute atomic E-state index is 5.65. The number of methoxy groups -OCH3 is 1. The highest BCUT2D eigenvalue weighted by atomic mass is 79.9. The van der Waals surface area contributed by atoms with Gasteiger partial charge in [-0.3, -0.25) is 0 Å². The van der Waals surface area contributed by atoms with E-state index < -0.39 is 0 Å². The van der Waals surface area contributed by atoms with E-state index in [4.69, 9.17) is 9.47 Å². The van der Waals surface area contributed by atoms with Crippen molar-refractivity contribution in [2.24, 2.45) is 7.05 Å². The Kier molecular flexibility index (Phi) is 3.68. The molecule has 0 N–H and O–H groups in total. The summed E-state index contributed by atoms with van der Waals surface area (Å²) in [5.41, 5.74) is 1.01. The van der Waals surface area contributed by atoms with Gasteiger partial charge in [-0.2, -0.15) is 0 Å². The lowest BCUT2D eigenvalue weighted by atomic mass is 10.3. The van der Waals surface area contributed by atoms with Crippen LogP contribution in [0.5, 0.6) is 11.5 Å². The number of ether oxygens (including phenoxy) is 2. The zero-order valence-corrected chi connectivity index (χ0v) is 11.3. The van der Waals surface area contributed by atoms with Gasteiger partial charge in [-0.25, -0.2) is 4.98 Å². The summed E-state index contributed by atoms with van der Waals surface area (Å²) in [7, 11) is 3.58. The summed E-state index contributed by atoms with van der Waals surface area (Å²) in [6.07, 6.45) is 1.79. The Bertz CT molecular complexity index is 494. The summed E-state index contributed by atoms with van der Waals surface area (Å²) < 4.78 is 13.5. The molecule has 1 aromatic heterocycles. The number of benzene rings is 1. The minimum atomic E-state index is 0.488. The van der Waals surface area contributed by atoms with Crippen LogP contribution in [0.15, 0.2) is 35.2 Å². The van der Waals surface area contributed by atoms with Crippen molar-refractivity contribution >= 4 is 15.9 Å². The van der Waals surface area contributed by atoms with E-state index in [9.17, 15) is 0 Å². The molecule has 0 saturated carbocycles. The average Bonchev–Trinajstić information content (AvgIpc) is 2.68. The van der Waals surface area contributed by atoms with Gasteiger partial charge in [0.25, 0.3) is 0 Å². The molecule has 0 aliphatic carbocycles. The molecule has 0 aliphatic rings. The molecule has 0 fully saturated rings. The minimum absolute atomic E-state index is 0.488. The monoisotopic (exact) mass is 296 g/mol. The molecule has 1 heterocycles. The fourth-order valence-corrected chi connectivity index (χ4v) is 1.71. The van der Waals surface area contributed by atoms with E-state index >= 15 is 0 Å². The molecule has 0 aliphatic heterocycles. The van der Waals surface area contributed by atoms with Gasteiger partial charge in [-0.05, 0) is 40.2 Å². The second-order valence-electron chi connectivity index (χ2n) is 3.54. The van der Waals surface area contributed by atoms with Crippen LogP contribution >= 0.6 is 15.9 Å². The van der Waals surface area contributed by atoms with Crippen LogP contribution in [0.2, 0.25) is 0 Å². The first-order chi connectivity index (χ1) is 8.20. The van der Waals surface area contributed by atoms with E-state index in [2.05, 4.69) is 20.9 Å². The van der Waals surface area contributed by atoms with E-state index in [1.54, 1.807) is 13.3 Å². The van der Waals surface area contributed by atoms with Crippen LogP contribution in [0.4, 0.5) is 0 Å². The van der Waals surface area contributed by atoms with Crippen molar-refractivity contribution in [3.05, 3.63) is 40.9 Å². The number of hydrogen-bond donors (Lipinski definition) is 0. The minimum Gasteiger partial charge on any atom is -0.497 e. The number of halogens is 1. The zero-order valence-electron chi connectivity index (χ0n) is 9.68. The van der Waals surface area contributed by atoms with Crippen molar-refractivity contribution in [3.8, 4) is 11.5 Å². The third-order valence-corrected chi connectivity index (χ3v) is 3.21. The standard InChI is InChI=1S/C12H13BrN2O2/c1-15-9(7-14-12(15)13)8-17-11-5-3-10(16-2)4-6-11/h3-7H,8H2,1-2H3. The predicted octanol–water partition coefficient (Wildman–Crippen LogP) is 2.77. The molecule has 0 spiro atoms. The summed E-state index contributed by atoms with van der Waals surface area (Å²) in [6.45, 7) is 0.488. The summed E-state index contributed by atoms with van der Waals surface area (Å²) in [5.74, 6) is 1.63. The summed E-state index contributed by atoms with van der Waals surface area (Å²) in [5, 5.41) is 0. The predicted molar refractivity (Wildman–Crippen MR) is 68.2 cm³/mol. The Labute approximate surface area is 108 Å². The quantitative estimate of drug-likeness (QED) is 0.870. The van der Waals surface area contributed by atoms with Crippen molar-refractivity contribution < 1.29 is 9.47 Å². The lowest BCUT2D eigenvalue weighted by Crippen LogP contribution is -2.01. The number of nitrogens with zero attached hydrogens (tertiary/aromatic N) is 2. The SMILES string of the molecule is COc1ccc(OCc2cnc(Br)n2C)cc1. The largest absolute Gasteiger partial charge is 0.497 e. The molecule has 0 saturated heterocycles. The van der Waals surface area contributed by atoms with Crippen molar-refractivity contribution in [2.75, 3.05) is 7.11 Å². The first kappa shape index (κ1) is 12.0. The molecule has 0 unspecified atom stereocenters. The number of imidazole rings is 1. The van der Waals surface area contributed by atoms with Crippen molar-refractivity contribution in [1.82, 2.24) is 9.55 Å². The Balaban J connectivity index is 2.00. The molecular weight excluding hydrogens is 284 g/mol. The molecule has 2 aromatic rings. The summed E-state index contributed by atoms with van der Waals surface area (Å²) >= 11 is 3.34. The van der Waals surface area contributed by atoms with Gasteiger partial charge in [0, 0.05) is 7.05 Å². The average molecular weight is 297 g/mol. The second-order valence-corrected chi connectivity index (χ2v) is 4.25. The lowest BCUT2D eigenvalue weighted by molar-refractivity contribution is 0.296. The number of hydrogen-bond acceptors (Lipinski definition) is 3. The molecule has 17 heavy (non-hydrogen) atoms. The van der Waals surface area contributed by atoms with Crippen LogP contribution < -0.4 is 9.47 Å². The second kappa shape index (κ2) is 5.23. The first-order valence-corrected chi connectivity index (χ1v) is 5.93. The Morgan fingerprint density at radius 1 is 1.24 bits per heavy atom. The van der Waals surface area contributed by atoms with Gasteiger partial charge in [0.05, 0.1) is 19.0 Å². The van der Waals surface area contributed by atoms with Crippen molar-refractivity contribution in [1.29, 1.82) is 0 Å². The van der Waals surface area contributed by atoms with E-state index in [0.29, 0.717) is 6.61 Å². The molecule has 1 aromatic carbocycles. The normalized spacial score (nSPS) is 10.3. The molecular formula is C12H13BrN2O2. The molecule has 0 bridgehead atoms. The molecule has 2 rings (SSSR count). The zero-order chi connectivity index (χ0) is 12.3. The van der Waals surface area contributed by atoms with Crippen LogP contribution in [0.3, 0.4) is 0 Å². The topological polar surface area (TPSA) is 36.3 Å². The highest BCUT2D eigenvalue weighted by molar-refractivity contribution is 9.10. The van der Waals surface area contributed by atoms with Crippen LogP contribution in [-0.4, -0.2) is 16.7 Å². The molecule has 5 heteroatoms. The fraction of sp³-hybridized carbons (Fsp3) is 0.250. The number of aromatic nitrogens is 2. The van der Waals surface area contributed by atoms with Crippen LogP contribution in [0.1, 0.15) is 5.69 Å². The van der Waals surface area contributed by atoms with E-state index in [1.165, 1.54) is 0 Å². The summed E-state index contributed by atoms with van der Waals surface area (Å²) in [6, 6.07) is 7.50. The molecule has 0 radical (unpaired) electrons. The van der Waals surface area contributed by atoms with Gasteiger partial charge < -0.3 is 14.0 Å². The third-order valence-electron chi connectivity index (χ3n) is 2.47. The Morgan fingerprint density at radius 3 is 2.41 bits per heavy atom. The molecule has 90 valence electrons. The lowest BCUT2D eigenvalue weighted by Gasteiger charge is -2.07. The van der Waals surface area contributed by atoms with E-state index in [-0.39, 0.29) is 0 Å². The fourth-order valence-electron chi connectivity index (χ4n) is 1.38. The van der Waals surface area contributed by atoms with Crippen molar-refractivity contribution in [2.45, 2.75) is 6.61 Å². The van der Waals surface area contributed by atoms with Crippen molar-refractivity contribution in [3.63, 3.8) is 0 Å². The molecule has 0 atom stereocenters. The maximum Gasteiger partial charge on any atom is 0.177 e. The highest BCUT2D eigenvalue weighted by Crippen LogP contribution is 2.18. The van der Waals surface area contributed by atoms with Gasteiger partial charge in [-0.1, -0.05) is 0 Å². The van der Waals surface area contributed by atoms with Gasteiger partial charge in [-0.15, -0.1) is 0 Å². The van der Waals surface area contributed by atoms with Crippen LogP contribution in [0.25, 0.3) is 0 Å². The Hall–Kier alpha value is -1.49.